The van der Waals surface area contributed by atoms with Gasteiger partial charge < -0.3 is 168 Å². The summed E-state index contributed by atoms with van der Waals surface area (Å²) in [7, 11) is 0. The molecule has 652 valence electrons. The van der Waals surface area contributed by atoms with Crippen LogP contribution in [0.5, 0.6) is 0 Å². The molecule has 11 fully saturated rings. The number of rotatable bonds is 22. The van der Waals surface area contributed by atoms with Crippen LogP contribution < -0.4 is 0 Å². The molecule has 5 aliphatic carbocycles. The number of allylic oxidation sites excluding steroid dienone is 3. The van der Waals surface area contributed by atoms with E-state index in [-0.39, 0.29) is 43.1 Å². The first-order valence-electron chi connectivity index (χ1n) is 40.0. The standard InChI is InChI=1S/C78H124O36/c1-12-74(8,99)19-13-14-32(2)63(97)100-30-40-50(88)52(90)62(113-67-57(95)53(91)59(33(3)106-67)110-66-58(96)60(39(82)29-103-66)111-64-54(92)46(84)36(79)26-101-64)70(108-40)114-71(98)78-23-22-72(4,5)24-35(78)34-15-16-43-75(9)20-18-45(73(6,7)42(75)17-21-76(43,10)77(34,11)25-44(78)83)109-68-56(94)51(89)49(87)41(107-68)31-105-69-61(48(86)38(81)28-104-69)112-65-55(93)47(85)37(80)27-102-65/h12,14-15,33,35-62,64-70,79-96,99H,1,13,16-31H2,2-11H3/b32-14+/t33-,35-,36+,37-,38+,39+,40-,41+,42?,43?,44+,45-,46-,47+,48+,49+,50-,51-,52+,53-,54+,55-,56+,57+,58+,59-,60-,61-,62-,64-,65+,66-,67-,68-,69+,70+,74-,75-,76+,77+,78+/m0/s1. The van der Waals surface area contributed by atoms with E-state index < -0.39 is 298 Å². The Morgan fingerprint density at radius 1 is 0.535 bits per heavy atom. The number of hydrogen-bond donors (Lipinski definition) is 19. The summed E-state index contributed by atoms with van der Waals surface area (Å²) >= 11 is 0. The lowest BCUT2D eigenvalue weighted by Crippen LogP contribution is -2.69. The molecular weight excluding hydrogens is 1510 g/mol. The highest BCUT2D eigenvalue weighted by Crippen LogP contribution is 2.76. The van der Waals surface area contributed by atoms with Crippen molar-refractivity contribution in [2.75, 3.05) is 39.6 Å². The molecule has 0 amide bonds. The molecule has 0 aromatic heterocycles. The van der Waals surface area contributed by atoms with Gasteiger partial charge in [-0.15, -0.1) is 6.58 Å². The van der Waals surface area contributed by atoms with Crippen LogP contribution in [0.25, 0.3) is 0 Å². The van der Waals surface area contributed by atoms with Crippen LogP contribution in [0.15, 0.2) is 36.0 Å². The van der Waals surface area contributed by atoms with E-state index >= 15 is 4.79 Å². The third-order valence-corrected chi connectivity index (χ3v) is 28.2. The van der Waals surface area contributed by atoms with Gasteiger partial charge >= 0.3 is 11.9 Å². The van der Waals surface area contributed by atoms with Crippen molar-refractivity contribution in [2.24, 2.45) is 50.2 Å². The van der Waals surface area contributed by atoms with Gasteiger partial charge in [0.15, 0.2) is 43.8 Å². The van der Waals surface area contributed by atoms with Gasteiger partial charge in [0, 0.05) is 5.57 Å². The summed E-state index contributed by atoms with van der Waals surface area (Å²) in [5.41, 5.74) is -4.55. The van der Waals surface area contributed by atoms with Crippen molar-refractivity contribution < 1.29 is 178 Å². The molecule has 4 saturated carbocycles. The van der Waals surface area contributed by atoms with E-state index in [1.54, 1.807) is 6.92 Å². The molecule has 19 N–H and O–H groups in total. The molecule has 0 bridgehead atoms. The van der Waals surface area contributed by atoms with Crippen LogP contribution in [-0.2, 0) is 80.6 Å². The molecule has 2 unspecified atom stereocenters. The number of ether oxygens (including phenoxy) is 15. The zero-order valence-electron chi connectivity index (χ0n) is 66.2. The van der Waals surface area contributed by atoms with Gasteiger partial charge in [0.2, 0.25) is 6.29 Å². The topological polar surface area (TPSA) is 557 Å². The maximum absolute atomic E-state index is 16.1. The summed E-state index contributed by atoms with van der Waals surface area (Å²) in [5.74, 6) is -2.52. The Balaban J connectivity index is 0.760. The van der Waals surface area contributed by atoms with E-state index in [1.807, 2.05) is 0 Å². The molecular formula is C78H124O36. The van der Waals surface area contributed by atoms with E-state index in [2.05, 4.69) is 61.1 Å². The Morgan fingerprint density at radius 3 is 1.69 bits per heavy atom. The summed E-state index contributed by atoms with van der Waals surface area (Å²) in [4.78, 5) is 29.6. The Morgan fingerprint density at radius 2 is 1.05 bits per heavy atom. The van der Waals surface area contributed by atoms with Crippen molar-refractivity contribution in [2.45, 2.75) is 348 Å². The van der Waals surface area contributed by atoms with Crippen LogP contribution in [0, 0.1) is 50.2 Å². The highest BCUT2D eigenvalue weighted by Gasteiger charge is 2.73. The van der Waals surface area contributed by atoms with Gasteiger partial charge in [0.25, 0.3) is 0 Å². The van der Waals surface area contributed by atoms with E-state index in [0.29, 0.717) is 44.9 Å². The molecule has 12 rings (SSSR count). The van der Waals surface area contributed by atoms with E-state index in [0.717, 1.165) is 5.57 Å². The van der Waals surface area contributed by atoms with Crippen molar-refractivity contribution in [3.8, 4) is 0 Å². The van der Waals surface area contributed by atoms with Crippen LogP contribution in [0.2, 0.25) is 0 Å². The molecule has 41 atom stereocenters. The minimum atomic E-state index is -2.10. The molecule has 0 spiro atoms. The van der Waals surface area contributed by atoms with Crippen molar-refractivity contribution >= 4 is 11.9 Å². The minimum Gasteiger partial charge on any atom is -0.459 e. The second-order valence-electron chi connectivity index (χ2n) is 36.4. The van der Waals surface area contributed by atoms with Crippen molar-refractivity contribution in [1.29, 1.82) is 0 Å². The van der Waals surface area contributed by atoms with Crippen LogP contribution in [0.1, 0.15) is 140 Å². The van der Waals surface area contributed by atoms with Crippen molar-refractivity contribution in [3.63, 3.8) is 0 Å². The van der Waals surface area contributed by atoms with Crippen molar-refractivity contribution in [1.82, 2.24) is 0 Å². The van der Waals surface area contributed by atoms with Crippen LogP contribution >= 0.6 is 0 Å². The summed E-state index contributed by atoms with van der Waals surface area (Å²) < 4.78 is 89.4. The molecule has 0 aromatic rings. The Kier molecular flexibility index (Phi) is 27.4. The normalized spacial score (nSPS) is 50.9. The highest BCUT2D eigenvalue weighted by atomic mass is 16.8. The zero-order valence-corrected chi connectivity index (χ0v) is 66.2. The van der Waals surface area contributed by atoms with Crippen LogP contribution in [-0.4, -0.2) is 357 Å². The molecule has 0 aromatic carbocycles. The van der Waals surface area contributed by atoms with Crippen LogP contribution in [0.4, 0.5) is 0 Å². The largest absolute Gasteiger partial charge is 0.459 e. The summed E-state index contributed by atoms with van der Waals surface area (Å²) in [6.45, 7) is 20.0. The van der Waals surface area contributed by atoms with Gasteiger partial charge in [0.1, 0.15) is 146 Å². The Labute approximate surface area is 661 Å². The van der Waals surface area contributed by atoms with E-state index in [4.69, 9.17) is 71.1 Å². The fraction of sp³-hybridized carbons (Fsp3) is 0.897. The second-order valence-corrected chi connectivity index (χ2v) is 36.4. The molecule has 114 heavy (non-hydrogen) atoms. The van der Waals surface area contributed by atoms with Crippen LogP contribution in [0.3, 0.4) is 0 Å². The first kappa shape index (κ1) is 90.1. The average molecular weight is 1640 g/mol. The SMILES string of the molecule is C=C[C@](C)(O)CC/C=C(\C)C(=O)OC[C@@H]1O[C@H](OC(=O)[C@]23CCC(C)(C)C[C@H]2C2=CCC4[C@@]5(C)CC[C@H](O[C@@H]6O[C@H](CO[C@H]7OC[C@@H](O)[C@@H](O)[C@@H]7O[C@H]7OC[C@H](O)[C@@H](O)[C@@H]7O)[C@@H](O)[C@H](O)[C@H]6O)C(C)(C)C5CC[C@@]4(C)[C@]2(C)C[C@H]3O)[C@@H](O[C@@H]2O[C@@H](C)[C@H](O[C@@H]3OC[C@@H](O)[C@H](O[C@@H]4OC[C@@H](O)[C@H](O)[C@H]4O)[C@H]3O)[C@@H](O)[C@H]2O)[C@H](O)[C@H]1O. The maximum atomic E-state index is 16.1. The fourth-order valence-corrected chi connectivity index (χ4v) is 20.8. The molecule has 7 heterocycles. The van der Waals surface area contributed by atoms with E-state index in [9.17, 15) is 102 Å². The predicted octanol–water partition coefficient (Wildman–Crippen LogP) is -3.79. The van der Waals surface area contributed by atoms with Gasteiger partial charge in [-0.25, -0.2) is 4.79 Å². The Bertz CT molecular complexity index is 3360. The molecule has 7 aliphatic heterocycles. The summed E-state index contributed by atoms with van der Waals surface area (Å²) in [5, 5.41) is 212. The summed E-state index contributed by atoms with van der Waals surface area (Å²) in [6.07, 6.45) is -45.2. The number of hydrogen-bond acceptors (Lipinski definition) is 36. The number of carbonyl (C=O) groups is 2. The monoisotopic (exact) mass is 1640 g/mol. The fourth-order valence-electron chi connectivity index (χ4n) is 20.8. The predicted molar refractivity (Wildman–Crippen MR) is 384 cm³/mol. The second kappa shape index (κ2) is 34.7. The number of fused-ring (bicyclic) bond motifs is 7. The Hall–Kier alpha value is -3.12. The third kappa shape index (κ3) is 16.9. The van der Waals surface area contributed by atoms with Gasteiger partial charge in [0.05, 0.1) is 56.9 Å². The molecule has 0 radical (unpaired) electrons. The van der Waals surface area contributed by atoms with Gasteiger partial charge in [-0.1, -0.05) is 72.3 Å². The first-order chi connectivity index (χ1) is 53.4. The average Bonchev–Trinajstić information content (AvgIpc) is 0.670. The minimum absolute atomic E-state index is 0.0183. The molecule has 7 saturated heterocycles. The lowest BCUT2D eigenvalue weighted by molar-refractivity contribution is -0.379. The highest BCUT2D eigenvalue weighted by molar-refractivity contribution is 5.87. The lowest BCUT2D eigenvalue weighted by atomic mass is 9.33. The van der Waals surface area contributed by atoms with Gasteiger partial charge in [-0.3, -0.25) is 4.79 Å². The smallest absolute Gasteiger partial charge is 0.333 e. The molecule has 36 heteroatoms. The third-order valence-electron chi connectivity index (χ3n) is 28.2. The van der Waals surface area contributed by atoms with Gasteiger partial charge in [-0.2, -0.15) is 0 Å². The molecule has 36 nitrogen and oxygen atoms in total. The van der Waals surface area contributed by atoms with Crippen molar-refractivity contribution in [3.05, 3.63) is 36.0 Å². The summed E-state index contributed by atoms with van der Waals surface area (Å²) in [6, 6.07) is 0. The lowest BCUT2D eigenvalue weighted by Gasteiger charge is -2.71. The maximum Gasteiger partial charge on any atom is 0.333 e. The van der Waals surface area contributed by atoms with Gasteiger partial charge in [-0.05, 0) is 136 Å². The van der Waals surface area contributed by atoms with E-state index in [1.165, 1.54) is 26.0 Å². The number of aliphatic hydroxyl groups is 19. The zero-order chi connectivity index (χ0) is 83.3. The molecule has 12 aliphatic rings. The number of carbonyl (C=O) groups excluding carboxylic acids is 2. The number of aliphatic hydroxyl groups excluding tert-OH is 18. The number of esters is 2. The first-order valence-corrected chi connectivity index (χ1v) is 40.0. The quantitative estimate of drug-likeness (QED) is 0.0214.